The number of benzene rings is 2. The SMILES string of the molecule is Cc1ccccc1CCn1c(CCl)nc2ccc(F)cc21. The highest BCUT2D eigenvalue weighted by Gasteiger charge is 2.11. The lowest BCUT2D eigenvalue weighted by atomic mass is 10.1. The van der Waals surface area contributed by atoms with Crippen LogP contribution in [0.25, 0.3) is 11.0 Å². The fourth-order valence-electron chi connectivity index (χ4n) is 2.62. The molecule has 0 bridgehead atoms. The number of hydrogen-bond donors (Lipinski definition) is 0. The lowest BCUT2D eigenvalue weighted by Crippen LogP contribution is -2.06. The van der Waals surface area contributed by atoms with Gasteiger partial charge in [0, 0.05) is 6.54 Å². The minimum absolute atomic E-state index is 0.249. The number of aromatic nitrogens is 2. The van der Waals surface area contributed by atoms with Crippen LogP contribution in [0.4, 0.5) is 4.39 Å². The van der Waals surface area contributed by atoms with E-state index in [0.29, 0.717) is 5.88 Å². The Hall–Kier alpha value is -1.87. The van der Waals surface area contributed by atoms with Crippen LogP contribution in [0.3, 0.4) is 0 Å². The van der Waals surface area contributed by atoms with Gasteiger partial charge in [0.2, 0.25) is 0 Å². The molecule has 0 aliphatic heterocycles. The van der Waals surface area contributed by atoms with Crippen LogP contribution < -0.4 is 0 Å². The number of imidazole rings is 1. The fraction of sp³-hybridized carbons (Fsp3) is 0.235. The first-order valence-electron chi connectivity index (χ1n) is 6.94. The van der Waals surface area contributed by atoms with E-state index < -0.39 is 0 Å². The molecule has 1 aromatic heterocycles. The highest BCUT2D eigenvalue weighted by atomic mass is 35.5. The van der Waals surface area contributed by atoms with Crippen molar-refractivity contribution >= 4 is 22.6 Å². The van der Waals surface area contributed by atoms with Crippen LogP contribution in [-0.4, -0.2) is 9.55 Å². The molecule has 21 heavy (non-hydrogen) atoms. The summed E-state index contributed by atoms with van der Waals surface area (Å²) in [5.74, 6) is 0.857. The van der Waals surface area contributed by atoms with Crippen LogP contribution in [0.5, 0.6) is 0 Å². The Morgan fingerprint density at radius 1 is 1.19 bits per heavy atom. The monoisotopic (exact) mass is 302 g/mol. The van der Waals surface area contributed by atoms with E-state index in [9.17, 15) is 4.39 Å². The Morgan fingerprint density at radius 2 is 2.00 bits per heavy atom. The lowest BCUT2D eigenvalue weighted by molar-refractivity contribution is 0.626. The molecule has 0 N–H and O–H groups in total. The zero-order valence-electron chi connectivity index (χ0n) is 11.8. The second kappa shape index (κ2) is 5.86. The van der Waals surface area contributed by atoms with Crippen molar-refractivity contribution in [2.75, 3.05) is 0 Å². The van der Waals surface area contributed by atoms with Crippen molar-refractivity contribution in [2.24, 2.45) is 0 Å². The Bertz CT molecular complexity index is 780. The van der Waals surface area contributed by atoms with Crippen molar-refractivity contribution in [1.82, 2.24) is 9.55 Å². The summed E-state index contributed by atoms with van der Waals surface area (Å²) in [5.41, 5.74) is 4.15. The summed E-state index contributed by atoms with van der Waals surface area (Å²) in [6.07, 6.45) is 0.874. The van der Waals surface area contributed by atoms with Gasteiger partial charge < -0.3 is 4.57 Å². The first-order valence-corrected chi connectivity index (χ1v) is 7.47. The minimum atomic E-state index is -0.249. The van der Waals surface area contributed by atoms with Crippen molar-refractivity contribution in [3.63, 3.8) is 0 Å². The number of hydrogen-bond acceptors (Lipinski definition) is 1. The molecule has 0 atom stereocenters. The molecular formula is C17H16ClFN2. The Morgan fingerprint density at radius 3 is 2.76 bits per heavy atom. The van der Waals surface area contributed by atoms with E-state index in [4.69, 9.17) is 11.6 Å². The molecule has 0 radical (unpaired) electrons. The molecule has 0 spiro atoms. The van der Waals surface area contributed by atoms with Crippen LogP contribution in [-0.2, 0) is 18.8 Å². The summed E-state index contributed by atoms with van der Waals surface area (Å²) in [4.78, 5) is 4.47. The van der Waals surface area contributed by atoms with Gasteiger partial charge in [0.15, 0.2) is 0 Å². The average molecular weight is 303 g/mol. The Balaban J connectivity index is 1.96. The normalized spacial score (nSPS) is 11.2. The Labute approximate surface area is 128 Å². The van der Waals surface area contributed by atoms with Crippen LogP contribution >= 0.6 is 11.6 Å². The standard InChI is InChI=1S/C17H16ClFN2/c1-12-4-2-3-5-13(12)8-9-21-16-10-14(19)6-7-15(16)20-17(21)11-18/h2-7,10H,8-9,11H2,1H3. The van der Waals surface area contributed by atoms with Gasteiger partial charge in [0.25, 0.3) is 0 Å². The third-order valence-electron chi connectivity index (χ3n) is 3.77. The second-order valence-corrected chi connectivity index (χ2v) is 5.39. The van der Waals surface area contributed by atoms with Gasteiger partial charge in [-0.25, -0.2) is 9.37 Å². The topological polar surface area (TPSA) is 17.8 Å². The van der Waals surface area contributed by atoms with Crippen LogP contribution in [0, 0.1) is 12.7 Å². The molecule has 1 heterocycles. The molecule has 0 unspecified atom stereocenters. The van der Waals surface area contributed by atoms with E-state index in [1.54, 1.807) is 6.07 Å². The summed E-state index contributed by atoms with van der Waals surface area (Å²) in [6, 6.07) is 12.9. The third kappa shape index (κ3) is 2.79. The van der Waals surface area contributed by atoms with Crippen molar-refractivity contribution < 1.29 is 4.39 Å². The molecular weight excluding hydrogens is 287 g/mol. The molecule has 108 valence electrons. The van der Waals surface area contributed by atoms with Crippen molar-refractivity contribution in [3.8, 4) is 0 Å². The number of halogens is 2. The molecule has 0 saturated carbocycles. The first-order chi connectivity index (χ1) is 10.2. The van der Waals surface area contributed by atoms with Gasteiger partial charge in [-0.3, -0.25) is 0 Å². The van der Waals surface area contributed by atoms with E-state index in [1.165, 1.54) is 23.3 Å². The quantitative estimate of drug-likeness (QED) is 0.650. The third-order valence-corrected chi connectivity index (χ3v) is 4.01. The summed E-state index contributed by atoms with van der Waals surface area (Å²) in [5, 5.41) is 0. The molecule has 2 aromatic carbocycles. The van der Waals surface area contributed by atoms with E-state index >= 15 is 0 Å². The predicted molar refractivity (Wildman–Crippen MR) is 84.1 cm³/mol. The van der Waals surface area contributed by atoms with E-state index in [1.807, 2.05) is 16.7 Å². The Kier molecular flexibility index (Phi) is 3.93. The van der Waals surface area contributed by atoms with Gasteiger partial charge in [-0.05, 0) is 42.7 Å². The van der Waals surface area contributed by atoms with Gasteiger partial charge >= 0.3 is 0 Å². The van der Waals surface area contributed by atoms with Gasteiger partial charge in [-0.2, -0.15) is 0 Å². The molecule has 0 saturated heterocycles. The minimum Gasteiger partial charge on any atom is -0.327 e. The number of fused-ring (bicyclic) bond motifs is 1. The summed E-state index contributed by atoms with van der Waals surface area (Å²) in [7, 11) is 0. The van der Waals surface area contributed by atoms with Crippen molar-refractivity contribution in [2.45, 2.75) is 25.8 Å². The van der Waals surface area contributed by atoms with Crippen molar-refractivity contribution in [3.05, 3.63) is 65.2 Å². The molecule has 0 amide bonds. The number of nitrogens with zero attached hydrogens (tertiary/aromatic N) is 2. The van der Waals surface area contributed by atoms with Gasteiger partial charge in [-0.1, -0.05) is 24.3 Å². The maximum absolute atomic E-state index is 13.5. The maximum Gasteiger partial charge on any atom is 0.125 e. The average Bonchev–Trinajstić information content (AvgIpc) is 2.83. The smallest absolute Gasteiger partial charge is 0.125 e. The highest BCUT2D eigenvalue weighted by molar-refractivity contribution is 6.16. The molecule has 0 aliphatic rings. The molecule has 3 aromatic rings. The van der Waals surface area contributed by atoms with Gasteiger partial charge in [-0.15, -0.1) is 11.6 Å². The van der Waals surface area contributed by atoms with E-state index in [-0.39, 0.29) is 5.82 Å². The zero-order chi connectivity index (χ0) is 14.8. The number of rotatable bonds is 4. The van der Waals surface area contributed by atoms with Crippen LogP contribution in [0.15, 0.2) is 42.5 Å². The van der Waals surface area contributed by atoms with Gasteiger partial charge in [0.1, 0.15) is 11.6 Å². The molecule has 4 heteroatoms. The molecule has 3 rings (SSSR count). The molecule has 0 aliphatic carbocycles. The van der Waals surface area contributed by atoms with Crippen LogP contribution in [0.2, 0.25) is 0 Å². The van der Waals surface area contributed by atoms with E-state index in [0.717, 1.165) is 29.8 Å². The fourth-order valence-corrected chi connectivity index (χ4v) is 2.82. The van der Waals surface area contributed by atoms with Crippen molar-refractivity contribution in [1.29, 1.82) is 0 Å². The lowest BCUT2D eigenvalue weighted by Gasteiger charge is -2.09. The molecule has 0 fully saturated rings. The number of aryl methyl sites for hydroxylation is 3. The van der Waals surface area contributed by atoms with Gasteiger partial charge in [0.05, 0.1) is 16.9 Å². The van der Waals surface area contributed by atoms with Crippen LogP contribution in [0.1, 0.15) is 17.0 Å². The maximum atomic E-state index is 13.5. The molecule has 2 nitrogen and oxygen atoms in total. The predicted octanol–water partition coefficient (Wildman–Crippen LogP) is 4.47. The largest absolute Gasteiger partial charge is 0.327 e. The highest BCUT2D eigenvalue weighted by Crippen LogP contribution is 2.20. The summed E-state index contributed by atoms with van der Waals surface area (Å²) >= 11 is 5.98. The second-order valence-electron chi connectivity index (χ2n) is 5.12. The summed E-state index contributed by atoms with van der Waals surface area (Å²) in [6.45, 7) is 2.84. The summed E-state index contributed by atoms with van der Waals surface area (Å²) < 4.78 is 15.5. The first kappa shape index (κ1) is 14.1. The zero-order valence-corrected chi connectivity index (χ0v) is 12.6. The van der Waals surface area contributed by atoms with E-state index in [2.05, 4.69) is 24.0 Å². The number of alkyl halides is 1.